The number of amides is 2. The van der Waals surface area contributed by atoms with Gasteiger partial charge in [0.2, 0.25) is 11.7 Å². The molecular weight excluding hydrogens is 472 g/mol. The topological polar surface area (TPSA) is 171 Å². The van der Waals surface area contributed by atoms with Gasteiger partial charge in [0.1, 0.15) is 22.8 Å². The third kappa shape index (κ3) is 3.67. The van der Waals surface area contributed by atoms with E-state index in [1.54, 1.807) is 25.1 Å². The fourth-order valence-electron chi connectivity index (χ4n) is 5.45. The van der Waals surface area contributed by atoms with Crippen LogP contribution in [0, 0.1) is 11.8 Å². The number of fused-ring (bicyclic) bond motifs is 3. The van der Waals surface area contributed by atoms with Crippen LogP contribution >= 0.6 is 0 Å². The van der Waals surface area contributed by atoms with Gasteiger partial charge in [0.05, 0.1) is 5.56 Å². The van der Waals surface area contributed by atoms with Crippen LogP contribution in [0.2, 0.25) is 0 Å². The van der Waals surface area contributed by atoms with Crippen molar-refractivity contribution in [2.75, 3.05) is 19.0 Å². The minimum atomic E-state index is -2.66. The number of ether oxygens (including phenoxy) is 1. The lowest BCUT2D eigenvalue weighted by Gasteiger charge is -2.46. The van der Waals surface area contributed by atoms with Crippen LogP contribution in [0.15, 0.2) is 34.8 Å². The van der Waals surface area contributed by atoms with Gasteiger partial charge >= 0.3 is 5.97 Å². The molecule has 0 fully saturated rings. The summed E-state index contributed by atoms with van der Waals surface area (Å²) in [6, 6.07) is 3.17. The summed E-state index contributed by atoms with van der Waals surface area (Å²) in [6.45, 7) is 2.21. The smallest absolute Gasteiger partial charge is 0.308 e. The first-order chi connectivity index (χ1) is 16.8. The maximum absolute atomic E-state index is 13.8. The summed E-state index contributed by atoms with van der Waals surface area (Å²) in [5.74, 6) is -7.87. The van der Waals surface area contributed by atoms with Crippen LogP contribution in [-0.4, -0.2) is 64.4 Å². The second kappa shape index (κ2) is 8.59. The average Bonchev–Trinajstić information content (AvgIpc) is 2.75. The summed E-state index contributed by atoms with van der Waals surface area (Å²) in [7, 11) is 3.56. The number of hydrogen-bond acceptors (Lipinski definition) is 10. The number of aliphatic hydroxyl groups is 3. The number of rotatable bonds is 3. The first-order valence-corrected chi connectivity index (χ1v) is 11.3. The Morgan fingerprint density at radius 1 is 1.11 bits per heavy atom. The molecule has 36 heavy (non-hydrogen) atoms. The maximum Gasteiger partial charge on any atom is 0.308 e. The summed E-state index contributed by atoms with van der Waals surface area (Å²) in [5.41, 5.74) is -2.42. The number of anilines is 1. The Labute approximate surface area is 206 Å². The number of allylic oxidation sites excluding steroid dienone is 2. The monoisotopic (exact) mass is 498 g/mol. The van der Waals surface area contributed by atoms with Crippen molar-refractivity contribution in [1.82, 2.24) is 5.32 Å². The van der Waals surface area contributed by atoms with Crippen molar-refractivity contribution in [3.8, 4) is 5.75 Å². The van der Waals surface area contributed by atoms with Crippen molar-refractivity contribution in [2.24, 2.45) is 11.8 Å². The summed E-state index contributed by atoms with van der Waals surface area (Å²) < 4.78 is 5.25. The maximum atomic E-state index is 13.8. The molecule has 3 aliphatic carbocycles. The van der Waals surface area contributed by atoms with Crippen LogP contribution < -0.4 is 15.0 Å². The lowest BCUT2D eigenvalue weighted by Crippen LogP contribution is -2.57. The Morgan fingerprint density at radius 2 is 1.78 bits per heavy atom. The number of hydrogen-bond donors (Lipinski definition) is 4. The van der Waals surface area contributed by atoms with Crippen LogP contribution in [0.3, 0.4) is 0 Å². The van der Waals surface area contributed by atoms with Crippen molar-refractivity contribution >= 4 is 35.0 Å². The standard InChI is InChI=1S/C25H26N2O9/c1-10(28)26-24(34)20-16(30)9-13-7-12-8-14-15(27(3)4)5-6-17(36-11(2)29)19(14)21(31)18(12)22(32)25(13,35)23(20)33/h5-6,12-13,30,32,35H,7-9H2,1-4H3,(H,26,28,34). The van der Waals surface area contributed by atoms with Gasteiger partial charge in [0.15, 0.2) is 11.4 Å². The molecule has 1 aromatic carbocycles. The Bertz CT molecular complexity index is 1310. The number of Topliss-reactive ketones (excluding diaryl/α,β-unsaturated/α-hetero) is 2. The number of imide groups is 1. The average molecular weight is 498 g/mol. The Kier molecular flexibility index (Phi) is 5.99. The van der Waals surface area contributed by atoms with E-state index in [0.717, 1.165) is 6.92 Å². The summed E-state index contributed by atoms with van der Waals surface area (Å²) in [4.78, 5) is 64.2. The van der Waals surface area contributed by atoms with E-state index in [1.807, 2.05) is 5.32 Å². The zero-order valence-electron chi connectivity index (χ0n) is 20.2. The van der Waals surface area contributed by atoms with Crippen molar-refractivity contribution in [3.05, 3.63) is 45.9 Å². The van der Waals surface area contributed by atoms with Crippen LogP contribution in [0.5, 0.6) is 5.75 Å². The van der Waals surface area contributed by atoms with Crippen molar-refractivity contribution in [3.63, 3.8) is 0 Å². The minimum absolute atomic E-state index is 0.0185. The number of benzene rings is 1. The molecule has 0 saturated carbocycles. The van der Waals surface area contributed by atoms with Gasteiger partial charge < -0.3 is 25.0 Å². The van der Waals surface area contributed by atoms with Crippen LogP contribution in [0.25, 0.3) is 0 Å². The predicted octanol–water partition coefficient (Wildman–Crippen LogP) is 1.04. The highest BCUT2D eigenvalue weighted by Crippen LogP contribution is 2.52. The Balaban J connectivity index is 1.88. The van der Waals surface area contributed by atoms with E-state index < -0.39 is 63.9 Å². The summed E-state index contributed by atoms with van der Waals surface area (Å²) in [5, 5.41) is 35.0. The number of carbonyl (C=O) groups is 5. The number of carbonyl (C=O) groups excluding carboxylic acids is 5. The van der Waals surface area contributed by atoms with E-state index in [9.17, 15) is 39.3 Å². The van der Waals surface area contributed by atoms with E-state index >= 15 is 0 Å². The van der Waals surface area contributed by atoms with Crippen molar-refractivity contribution < 1.29 is 44.0 Å². The lowest BCUT2D eigenvalue weighted by molar-refractivity contribution is -0.144. The number of nitrogens with zero attached hydrogens (tertiary/aromatic N) is 1. The summed E-state index contributed by atoms with van der Waals surface area (Å²) >= 11 is 0. The number of esters is 1. The van der Waals surface area contributed by atoms with Gasteiger partial charge in [-0.05, 0) is 36.5 Å². The third-order valence-electron chi connectivity index (χ3n) is 6.91. The second-order valence-corrected chi connectivity index (χ2v) is 9.48. The van der Waals surface area contributed by atoms with Gasteiger partial charge in [-0.15, -0.1) is 0 Å². The molecule has 0 heterocycles. The SMILES string of the molecule is CC(=O)NC(=O)C1=C(O)CC2CC3Cc4c(N(C)C)ccc(OC(C)=O)c4C(=O)C3=C(O)C2(O)C1=O. The molecule has 190 valence electrons. The van der Waals surface area contributed by atoms with Crippen LogP contribution in [0.1, 0.15) is 42.6 Å². The molecule has 0 saturated heterocycles. The molecular formula is C25H26N2O9. The molecule has 0 spiro atoms. The van der Waals surface area contributed by atoms with Gasteiger partial charge in [0.25, 0.3) is 5.91 Å². The molecule has 11 heteroatoms. The van der Waals surface area contributed by atoms with Gasteiger partial charge in [-0.2, -0.15) is 0 Å². The van der Waals surface area contributed by atoms with Crippen LogP contribution in [-0.2, 0) is 25.6 Å². The van der Waals surface area contributed by atoms with E-state index in [1.165, 1.54) is 13.0 Å². The van der Waals surface area contributed by atoms with E-state index in [4.69, 9.17) is 4.74 Å². The van der Waals surface area contributed by atoms with Gasteiger partial charge in [0, 0.05) is 51.5 Å². The molecule has 0 aliphatic heterocycles. The zero-order chi connectivity index (χ0) is 26.7. The van der Waals surface area contributed by atoms with E-state index in [0.29, 0.717) is 11.3 Å². The van der Waals surface area contributed by atoms with Crippen molar-refractivity contribution in [1.29, 1.82) is 0 Å². The fraction of sp³-hybridized carbons (Fsp3) is 0.400. The normalized spacial score (nSPS) is 25.0. The minimum Gasteiger partial charge on any atom is -0.511 e. The number of nitrogens with one attached hydrogen (secondary N) is 1. The van der Waals surface area contributed by atoms with Gasteiger partial charge in [-0.3, -0.25) is 29.3 Å². The first-order valence-electron chi connectivity index (χ1n) is 11.3. The second-order valence-electron chi connectivity index (χ2n) is 9.48. The highest BCUT2D eigenvalue weighted by Gasteiger charge is 2.60. The first kappa shape index (κ1) is 25.1. The van der Waals surface area contributed by atoms with Gasteiger partial charge in [-0.25, -0.2) is 0 Å². The molecule has 1 aromatic rings. The number of ketones is 2. The van der Waals surface area contributed by atoms with Crippen LogP contribution in [0.4, 0.5) is 5.69 Å². The molecule has 4 rings (SSSR count). The Hall–Kier alpha value is -3.99. The molecule has 11 nitrogen and oxygen atoms in total. The molecule has 0 radical (unpaired) electrons. The van der Waals surface area contributed by atoms with Gasteiger partial charge in [-0.1, -0.05) is 0 Å². The zero-order valence-corrected chi connectivity index (χ0v) is 20.2. The largest absolute Gasteiger partial charge is 0.511 e. The predicted molar refractivity (Wildman–Crippen MR) is 124 cm³/mol. The molecule has 3 unspecified atom stereocenters. The summed E-state index contributed by atoms with van der Waals surface area (Å²) in [6.07, 6.45) is -0.0546. The van der Waals surface area contributed by atoms with Crippen molar-refractivity contribution in [2.45, 2.75) is 38.7 Å². The Morgan fingerprint density at radius 3 is 2.36 bits per heavy atom. The van der Waals surface area contributed by atoms with E-state index in [-0.39, 0.29) is 36.1 Å². The highest BCUT2D eigenvalue weighted by molar-refractivity contribution is 6.27. The highest BCUT2D eigenvalue weighted by atomic mass is 16.5. The lowest BCUT2D eigenvalue weighted by atomic mass is 9.60. The quantitative estimate of drug-likeness (QED) is 0.268. The van der Waals surface area contributed by atoms with E-state index in [2.05, 4.69) is 0 Å². The third-order valence-corrected chi connectivity index (χ3v) is 6.91. The number of aliphatic hydroxyl groups excluding tert-OH is 2. The molecule has 4 N–H and O–H groups in total. The fourth-order valence-corrected chi connectivity index (χ4v) is 5.45. The molecule has 3 atom stereocenters. The molecule has 0 aromatic heterocycles. The molecule has 0 bridgehead atoms. The molecule has 3 aliphatic rings. The molecule has 2 amide bonds.